The first-order valence-corrected chi connectivity index (χ1v) is 6.56. The number of nitrogens with one attached hydrogen (secondary N) is 2. The number of fused-ring (bicyclic) bond motifs is 1. The van der Waals surface area contributed by atoms with E-state index in [0.29, 0.717) is 30.6 Å². The molecular formula is C13H16FN5O. The van der Waals surface area contributed by atoms with Gasteiger partial charge in [-0.2, -0.15) is 0 Å². The molecule has 0 bridgehead atoms. The summed E-state index contributed by atoms with van der Waals surface area (Å²) in [6.45, 7) is 0.771. The van der Waals surface area contributed by atoms with Gasteiger partial charge in [-0.25, -0.2) is 9.37 Å². The molecule has 20 heavy (non-hydrogen) atoms. The highest BCUT2D eigenvalue weighted by atomic mass is 19.1. The Morgan fingerprint density at radius 1 is 1.60 bits per heavy atom. The SMILES string of the molecule is Cn1cnc2cncc(C(=O)NC[C@@H]3C[C@H](F)CN3)c21. The number of carbonyl (C=O) groups excluding carboxylic acids is 1. The summed E-state index contributed by atoms with van der Waals surface area (Å²) in [6, 6.07) is -0.00681. The molecule has 3 heterocycles. The first-order valence-electron chi connectivity index (χ1n) is 6.56. The van der Waals surface area contributed by atoms with Crippen LogP contribution >= 0.6 is 0 Å². The molecule has 0 saturated carbocycles. The second kappa shape index (κ2) is 5.16. The van der Waals surface area contributed by atoms with Gasteiger partial charge in [0.2, 0.25) is 0 Å². The number of pyridine rings is 1. The summed E-state index contributed by atoms with van der Waals surface area (Å²) < 4.78 is 14.8. The Morgan fingerprint density at radius 2 is 2.45 bits per heavy atom. The smallest absolute Gasteiger partial charge is 0.255 e. The second-order valence-electron chi connectivity index (χ2n) is 5.06. The monoisotopic (exact) mass is 277 g/mol. The van der Waals surface area contributed by atoms with Crippen LogP contribution in [-0.2, 0) is 7.05 Å². The van der Waals surface area contributed by atoms with Gasteiger partial charge in [0, 0.05) is 32.4 Å². The molecule has 1 amide bonds. The fourth-order valence-corrected chi connectivity index (χ4v) is 2.52. The van der Waals surface area contributed by atoms with Crippen molar-refractivity contribution in [2.24, 2.45) is 7.05 Å². The number of aryl methyl sites for hydroxylation is 1. The molecular weight excluding hydrogens is 261 g/mol. The van der Waals surface area contributed by atoms with Gasteiger partial charge in [0.25, 0.3) is 5.91 Å². The molecule has 1 aliphatic heterocycles. The van der Waals surface area contributed by atoms with Crippen molar-refractivity contribution in [1.82, 2.24) is 25.2 Å². The zero-order valence-corrected chi connectivity index (χ0v) is 11.1. The Labute approximate surface area is 115 Å². The first kappa shape index (κ1) is 13.0. The van der Waals surface area contributed by atoms with Crippen LogP contribution in [0.1, 0.15) is 16.8 Å². The maximum absolute atomic E-state index is 13.0. The molecule has 1 saturated heterocycles. The highest BCUT2D eigenvalue weighted by Crippen LogP contribution is 2.15. The van der Waals surface area contributed by atoms with E-state index in [1.165, 1.54) is 6.20 Å². The van der Waals surface area contributed by atoms with Crippen molar-refractivity contribution in [3.8, 4) is 0 Å². The molecule has 0 unspecified atom stereocenters. The van der Waals surface area contributed by atoms with Gasteiger partial charge < -0.3 is 15.2 Å². The molecule has 1 aliphatic rings. The highest BCUT2D eigenvalue weighted by molar-refractivity contribution is 6.04. The molecule has 7 heteroatoms. The van der Waals surface area contributed by atoms with Crippen molar-refractivity contribution in [1.29, 1.82) is 0 Å². The van der Waals surface area contributed by atoms with E-state index in [9.17, 15) is 9.18 Å². The molecule has 1 fully saturated rings. The number of alkyl halides is 1. The lowest BCUT2D eigenvalue weighted by molar-refractivity contribution is 0.0951. The fourth-order valence-electron chi connectivity index (χ4n) is 2.52. The minimum atomic E-state index is -0.820. The third kappa shape index (κ3) is 2.36. The predicted octanol–water partition coefficient (Wildman–Crippen LogP) is 0.398. The molecule has 3 rings (SSSR count). The van der Waals surface area contributed by atoms with Crippen molar-refractivity contribution >= 4 is 16.9 Å². The lowest BCUT2D eigenvalue weighted by atomic mass is 10.2. The summed E-state index contributed by atoms with van der Waals surface area (Å²) in [7, 11) is 1.83. The number of nitrogens with zero attached hydrogens (tertiary/aromatic N) is 3. The third-order valence-electron chi connectivity index (χ3n) is 3.54. The van der Waals surface area contributed by atoms with Crippen molar-refractivity contribution in [3.05, 3.63) is 24.3 Å². The van der Waals surface area contributed by atoms with Crippen LogP contribution in [0.4, 0.5) is 4.39 Å². The van der Waals surface area contributed by atoms with Gasteiger partial charge in [-0.05, 0) is 6.42 Å². The normalized spacial score (nSPS) is 22.3. The van der Waals surface area contributed by atoms with Gasteiger partial charge in [0.1, 0.15) is 11.7 Å². The standard InChI is InChI=1S/C13H16FN5O/c1-19-7-18-11-6-15-5-10(12(11)19)13(20)17-4-9-2-8(14)3-16-9/h5-9,16H,2-4H2,1H3,(H,17,20)/t8-,9-/m0/s1. The summed E-state index contributed by atoms with van der Waals surface area (Å²) in [5.74, 6) is -0.212. The topological polar surface area (TPSA) is 71.8 Å². The minimum absolute atomic E-state index is 0.00681. The summed E-state index contributed by atoms with van der Waals surface area (Å²) in [4.78, 5) is 20.4. The van der Waals surface area contributed by atoms with Gasteiger partial charge in [-0.15, -0.1) is 0 Å². The van der Waals surface area contributed by atoms with Crippen LogP contribution in [0.25, 0.3) is 11.0 Å². The van der Waals surface area contributed by atoms with E-state index in [2.05, 4.69) is 20.6 Å². The van der Waals surface area contributed by atoms with Crippen molar-refractivity contribution in [2.75, 3.05) is 13.1 Å². The molecule has 2 aromatic rings. The van der Waals surface area contributed by atoms with Gasteiger partial charge >= 0.3 is 0 Å². The van der Waals surface area contributed by atoms with Crippen LogP contribution in [0.2, 0.25) is 0 Å². The molecule has 0 radical (unpaired) electrons. The van der Waals surface area contributed by atoms with Crippen LogP contribution < -0.4 is 10.6 Å². The summed E-state index contributed by atoms with van der Waals surface area (Å²) >= 11 is 0. The minimum Gasteiger partial charge on any atom is -0.350 e. The van der Waals surface area contributed by atoms with Crippen LogP contribution in [-0.4, -0.2) is 45.7 Å². The number of imidazole rings is 1. The quantitative estimate of drug-likeness (QED) is 0.852. The number of aromatic nitrogens is 3. The third-order valence-corrected chi connectivity index (χ3v) is 3.54. The van der Waals surface area contributed by atoms with Crippen molar-refractivity contribution in [3.63, 3.8) is 0 Å². The van der Waals surface area contributed by atoms with Crippen molar-refractivity contribution < 1.29 is 9.18 Å². The van der Waals surface area contributed by atoms with E-state index in [0.717, 1.165) is 5.52 Å². The lowest BCUT2D eigenvalue weighted by Crippen LogP contribution is -2.37. The Hall–Kier alpha value is -2.02. The predicted molar refractivity (Wildman–Crippen MR) is 72.1 cm³/mol. The Kier molecular flexibility index (Phi) is 3.35. The Morgan fingerprint density at radius 3 is 3.20 bits per heavy atom. The van der Waals surface area contributed by atoms with Crippen LogP contribution in [0.5, 0.6) is 0 Å². The van der Waals surface area contributed by atoms with Gasteiger partial charge in [0.15, 0.2) is 0 Å². The van der Waals surface area contributed by atoms with Crippen LogP contribution in [0, 0.1) is 0 Å². The van der Waals surface area contributed by atoms with E-state index in [-0.39, 0.29) is 11.9 Å². The van der Waals surface area contributed by atoms with Gasteiger partial charge in [-0.1, -0.05) is 0 Å². The van der Waals surface area contributed by atoms with Crippen LogP contribution in [0.15, 0.2) is 18.7 Å². The number of hydrogen-bond donors (Lipinski definition) is 2. The maximum Gasteiger partial charge on any atom is 0.255 e. The van der Waals surface area contributed by atoms with E-state index in [4.69, 9.17) is 0 Å². The molecule has 2 atom stereocenters. The highest BCUT2D eigenvalue weighted by Gasteiger charge is 2.24. The maximum atomic E-state index is 13.0. The first-order chi connectivity index (χ1) is 9.65. The largest absolute Gasteiger partial charge is 0.350 e. The zero-order chi connectivity index (χ0) is 14.1. The Bertz CT molecular complexity index is 641. The zero-order valence-electron chi connectivity index (χ0n) is 11.1. The van der Waals surface area contributed by atoms with E-state index in [1.807, 2.05) is 7.05 Å². The number of rotatable bonds is 3. The van der Waals surface area contributed by atoms with Gasteiger partial charge in [-0.3, -0.25) is 9.78 Å². The lowest BCUT2D eigenvalue weighted by Gasteiger charge is -2.11. The van der Waals surface area contributed by atoms with E-state index in [1.54, 1.807) is 17.1 Å². The molecule has 0 aliphatic carbocycles. The average molecular weight is 277 g/mol. The fraction of sp³-hybridized carbons (Fsp3) is 0.462. The molecule has 0 spiro atoms. The van der Waals surface area contributed by atoms with E-state index < -0.39 is 6.17 Å². The average Bonchev–Trinajstić information content (AvgIpc) is 3.03. The summed E-state index contributed by atoms with van der Waals surface area (Å²) in [6.07, 6.45) is 4.42. The number of carbonyl (C=O) groups is 1. The van der Waals surface area contributed by atoms with Crippen LogP contribution in [0.3, 0.4) is 0 Å². The Balaban J connectivity index is 1.74. The second-order valence-corrected chi connectivity index (χ2v) is 5.06. The molecule has 2 N–H and O–H groups in total. The number of hydrogen-bond acceptors (Lipinski definition) is 4. The molecule has 6 nitrogen and oxygen atoms in total. The number of halogens is 1. The molecule has 0 aromatic carbocycles. The molecule has 106 valence electrons. The molecule has 2 aromatic heterocycles. The van der Waals surface area contributed by atoms with Gasteiger partial charge in [0.05, 0.1) is 23.6 Å². The van der Waals surface area contributed by atoms with E-state index >= 15 is 0 Å². The summed E-state index contributed by atoms with van der Waals surface area (Å²) in [5.41, 5.74) is 1.92. The number of amides is 1. The summed E-state index contributed by atoms with van der Waals surface area (Å²) in [5, 5.41) is 5.86. The van der Waals surface area contributed by atoms with Crippen molar-refractivity contribution in [2.45, 2.75) is 18.6 Å².